The van der Waals surface area contributed by atoms with E-state index in [0.717, 1.165) is 17.0 Å². The molecular formula is C14H17NO2. The lowest BCUT2D eigenvalue weighted by atomic mass is 10.1. The van der Waals surface area contributed by atoms with Crippen molar-refractivity contribution in [2.45, 2.75) is 6.92 Å². The highest BCUT2D eigenvalue weighted by Crippen LogP contribution is 2.25. The van der Waals surface area contributed by atoms with E-state index in [-0.39, 0.29) is 5.78 Å². The molecule has 0 saturated heterocycles. The molecule has 3 nitrogen and oxygen atoms in total. The van der Waals surface area contributed by atoms with Crippen LogP contribution in [0, 0.1) is 0 Å². The van der Waals surface area contributed by atoms with Gasteiger partial charge in [-0.3, -0.25) is 4.79 Å². The number of rotatable bonds is 6. The van der Waals surface area contributed by atoms with Gasteiger partial charge in [-0.1, -0.05) is 18.2 Å². The summed E-state index contributed by atoms with van der Waals surface area (Å²) in [5.41, 5.74) is 1.84. The maximum atomic E-state index is 10.9. The number of anilines is 1. The molecule has 0 amide bonds. The number of hydrogen-bond acceptors (Lipinski definition) is 3. The molecule has 0 unspecified atom stereocenters. The minimum atomic E-state index is 0.0291. The van der Waals surface area contributed by atoms with E-state index in [9.17, 15) is 4.79 Å². The predicted octanol–water partition coefficient (Wildman–Crippen LogP) is 2.90. The molecule has 0 fully saturated rings. The monoisotopic (exact) mass is 231 g/mol. The summed E-state index contributed by atoms with van der Waals surface area (Å²) in [6, 6.07) is 5.70. The number of hydrogen-bond donors (Lipinski definition) is 1. The quantitative estimate of drug-likeness (QED) is 0.604. The molecule has 3 heteroatoms. The zero-order chi connectivity index (χ0) is 12.7. The minimum absolute atomic E-state index is 0.0291. The fraction of sp³-hybridized carbons (Fsp3) is 0.214. The summed E-state index contributed by atoms with van der Waals surface area (Å²) in [6.07, 6.45) is 5.09. The first kappa shape index (κ1) is 13.0. The molecule has 90 valence electrons. The summed E-state index contributed by atoms with van der Waals surface area (Å²) in [4.78, 5) is 10.9. The first-order valence-corrected chi connectivity index (χ1v) is 5.39. The molecule has 1 rings (SSSR count). The highest BCUT2D eigenvalue weighted by Gasteiger charge is 2.01. The molecule has 0 saturated carbocycles. The van der Waals surface area contributed by atoms with Gasteiger partial charge < -0.3 is 10.1 Å². The van der Waals surface area contributed by atoms with Crippen LogP contribution in [0.1, 0.15) is 12.5 Å². The SMILES string of the molecule is C=CCNc1cc(/C=C/C(C)=O)ccc1OC. The Balaban J connectivity index is 2.95. The second-order valence-electron chi connectivity index (χ2n) is 3.57. The van der Waals surface area contributed by atoms with Gasteiger partial charge in [-0.05, 0) is 30.7 Å². The van der Waals surface area contributed by atoms with E-state index in [2.05, 4.69) is 11.9 Å². The van der Waals surface area contributed by atoms with Crippen LogP contribution in [0.25, 0.3) is 6.08 Å². The van der Waals surface area contributed by atoms with Gasteiger partial charge in [0.15, 0.2) is 5.78 Å². The Bertz CT molecular complexity index is 436. The predicted molar refractivity (Wildman–Crippen MR) is 71.4 cm³/mol. The molecule has 0 heterocycles. The number of ketones is 1. The summed E-state index contributed by atoms with van der Waals surface area (Å²) in [6.45, 7) is 5.84. The van der Waals surface area contributed by atoms with Crippen LogP contribution in [0.2, 0.25) is 0 Å². The van der Waals surface area contributed by atoms with Gasteiger partial charge in [0.05, 0.1) is 12.8 Å². The average molecular weight is 231 g/mol. The topological polar surface area (TPSA) is 38.3 Å². The van der Waals surface area contributed by atoms with Gasteiger partial charge in [0.2, 0.25) is 0 Å². The number of carbonyl (C=O) groups excluding carboxylic acids is 1. The summed E-state index contributed by atoms with van der Waals surface area (Å²) in [5, 5.41) is 3.18. The van der Waals surface area contributed by atoms with Crippen LogP contribution in [0.4, 0.5) is 5.69 Å². The highest BCUT2D eigenvalue weighted by molar-refractivity contribution is 5.91. The van der Waals surface area contributed by atoms with E-state index in [1.807, 2.05) is 18.2 Å². The molecular weight excluding hydrogens is 214 g/mol. The fourth-order valence-electron chi connectivity index (χ4n) is 1.36. The third kappa shape index (κ3) is 4.15. The van der Waals surface area contributed by atoms with Gasteiger partial charge in [0, 0.05) is 6.54 Å². The summed E-state index contributed by atoms with van der Waals surface area (Å²) in [5.74, 6) is 0.799. The van der Waals surface area contributed by atoms with Crippen molar-refractivity contribution >= 4 is 17.5 Å². The Morgan fingerprint density at radius 2 is 2.29 bits per heavy atom. The third-order valence-electron chi connectivity index (χ3n) is 2.17. The number of methoxy groups -OCH3 is 1. The van der Waals surface area contributed by atoms with Crippen molar-refractivity contribution in [3.05, 3.63) is 42.5 Å². The molecule has 0 spiro atoms. The standard InChI is InChI=1S/C14H17NO2/c1-4-9-15-13-10-12(6-5-11(2)16)7-8-14(13)17-3/h4-8,10,15H,1,9H2,2-3H3/b6-5+. The van der Waals surface area contributed by atoms with E-state index in [0.29, 0.717) is 6.54 Å². The first-order valence-electron chi connectivity index (χ1n) is 5.39. The van der Waals surface area contributed by atoms with Crippen LogP contribution in [-0.2, 0) is 4.79 Å². The van der Waals surface area contributed by atoms with Crippen LogP contribution >= 0.6 is 0 Å². The van der Waals surface area contributed by atoms with E-state index in [4.69, 9.17) is 4.74 Å². The van der Waals surface area contributed by atoms with Gasteiger partial charge in [-0.15, -0.1) is 6.58 Å². The Labute approximate surface area is 102 Å². The normalized spacial score (nSPS) is 10.2. The van der Waals surface area contributed by atoms with Gasteiger partial charge in [-0.25, -0.2) is 0 Å². The van der Waals surface area contributed by atoms with Crippen molar-refractivity contribution in [2.24, 2.45) is 0 Å². The number of allylic oxidation sites excluding steroid dienone is 1. The van der Waals surface area contributed by atoms with Crippen molar-refractivity contribution in [2.75, 3.05) is 19.0 Å². The molecule has 0 atom stereocenters. The third-order valence-corrected chi connectivity index (χ3v) is 2.17. The Kier molecular flexibility index (Phi) is 5.01. The van der Waals surface area contributed by atoms with Crippen LogP contribution in [0.15, 0.2) is 36.9 Å². The minimum Gasteiger partial charge on any atom is -0.495 e. The van der Waals surface area contributed by atoms with Gasteiger partial charge >= 0.3 is 0 Å². The molecule has 0 radical (unpaired) electrons. The lowest BCUT2D eigenvalue weighted by Crippen LogP contribution is -2.00. The molecule has 0 aliphatic heterocycles. The number of ether oxygens (including phenoxy) is 1. The highest BCUT2D eigenvalue weighted by atomic mass is 16.5. The fourth-order valence-corrected chi connectivity index (χ4v) is 1.36. The summed E-state index contributed by atoms with van der Waals surface area (Å²) < 4.78 is 5.24. The molecule has 0 aliphatic rings. The Morgan fingerprint density at radius 1 is 1.53 bits per heavy atom. The number of nitrogens with one attached hydrogen (secondary N) is 1. The summed E-state index contributed by atoms with van der Waals surface area (Å²) >= 11 is 0. The zero-order valence-corrected chi connectivity index (χ0v) is 10.2. The van der Waals surface area contributed by atoms with Gasteiger partial charge in [-0.2, -0.15) is 0 Å². The lowest BCUT2D eigenvalue weighted by molar-refractivity contribution is -0.112. The van der Waals surface area contributed by atoms with Crippen LogP contribution in [0.5, 0.6) is 5.75 Å². The first-order chi connectivity index (χ1) is 8.17. The van der Waals surface area contributed by atoms with E-state index >= 15 is 0 Å². The largest absolute Gasteiger partial charge is 0.495 e. The molecule has 1 aromatic rings. The zero-order valence-electron chi connectivity index (χ0n) is 10.2. The average Bonchev–Trinajstić information content (AvgIpc) is 2.33. The number of carbonyl (C=O) groups is 1. The Morgan fingerprint density at radius 3 is 2.88 bits per heavy atom. The second-order valence-corrected chi connectivity index (χ2v) is 3.57. The molecule has 1 aromatic carbocycles. The molecule has 1 N–H and O–H groups in total. The van der Waals surface area contributed by atoms with Crippen molar-refractivity contribution in [3.8, 4) is 5.75 Å². The van der Waals surface area contributed by atoms with Gasteiger partial charge in [0.25, 0.3) is 0 Å². The van der Waals surface area contributed by atoms with Gasteiger partial charge in [0.1, 0.15) is 5.75 Å². The Hall–Kier alpha value is -2.03. The summed E-state index contributed by atoms with van der Waals surface area (Å²) in [7, 11) is 1.62. The van der Waals surface area contributed by atoms with Crippen LogP contribution < -0.4 is 10.1 Å². The molecule has 17 heavy (non-hydrogen) atoms. The number of benzene rings is 1. The maximum absolute atomic E-state index is 10.9. The van der Waals surface area contributed by atoms with Crippen molar-refractivity contribution in [1.29, 1.82) is 0 Å². The van der Waals surface area contributed by atoms with Crippen LogP contribution in [0.3, 0.4) is 0 Å². The smallest absolute Gasteiger partial charge is 0.152 e. The van der Waals surface area contributed by atoms with Crippen molar-refractivity contribution < 1.29 is 9.53 Å². The van der Waals surface area contributed by atoms with E-state index in [1.165, 1.54) is 6.92 Å². The lowest BCUT2D eigenvalue weighted by Gasteiger charge is -2.10. The molecule has 0 bridgehead atoms. The molecule has 0 aliphatic carbocycles. The van der Waals surface area contributed by atoms with E-state index in [1.54, 1.807) is 25.3 Å². The second kappa shape index (κ2) is 6.53. The van der Waals surface area contributed by atoms with E-state index < -0.39 is 0 Å². The van der Waals surface area contributed by atoms with Crippen molar-refractivity contribution in [3.63, 3.8) is 0 Å². The molecule has 0 aromatic heterocycles. The maximum Gasteiger partial charge on any atom is 0.152 e. The van der Waals surface area contributed by atoms with Crippen LogP contribution in [-0.4, -0.2) is 19.4 Å². The van der Waals surface area contributed by atoms with Crippen molar-refractivity contribution in [1.82, 2.24) is 0 Å².